The van der Waals surface area contributed by atoms with Gasteiger partial charge in [0.1, 0.15) is 0 Å². The first-order chi connectivity index (χ1) is 18.7. The van der Waals surface area contributed by atoms with Crippen LogP contribution in [-0.2, 0) is 14.4 Å². The first kappa shape index (κ1) is 28.6. The Kier molecular flexibility index (Phi) is 8.70. The van der Waals surface area contributed by atoms with E-state index >= 15 is 0 Å². The number of likely N-dealkylation sites (tertiary alicyclic amines) is 1. The first-order valence-electron chi connectivity index (χ1n) is 15.9. The molecule has 4 saturated carbocycles. The molecule has 0 aromatic carbocycles. The summed E-state index contributed by atoms with van der Waals surface area (Å²) in [5.41, 5.74) is 5.30. The molecule has 5 rings (SSSR count). The van der Waals surface area contributed by atoms with E-state index in [0.717, 1.165) is 51.5 Å². The van der Waals surface area contributed by atoms with Crippen LogP contribution < -0.4 is 16.4 Å². The van der Waals surface area contributed by atoms with E-state index in [2.05, 4.69) is 24.5 Å². The van der Waals surface area contributed by atoms with E-state index in [1.165, 1.54) is 38.5 Å². The van der Waals surface area contributed by atoms with Crippen LogP contribution in [0.5, 0.6) is 0 Å². The summed E-state index contributed by atoms with van der Waals surface area (Å²) in [5.74, 6) is -0.0697. The number of carbonyl (C=O) groups is 4. The number of carbonyl (C=O) groups excluding carboxylic acids is 4. The van der Waals surface area contributed by atoms with Crippen molar-refractivity contribution in [3.63, 3.8) is 0 Å². The van der Waals surface area contributed by atoms with E-state index in [-0.39, 0.29) is 35.2 Å². The van der Waals surface area contributed by atoms with Crippen LogP contribution in [0.1, 0.15) is 110 Å². The van der Waals surface area contributed by atoms with Crippen LogP contribution in [0.3, 0.4) is 0 Å². The van der Waals surface area contributed by atoms with Gasteiger partial charge in [0, 0.05) is 6.04 Å². The summed E-state index contributed by atoms with van der Waals surface area (Å²) in [6.07, 6.45) is 16.2. The van der Waals surface area contributed by atoms with Crippen LogP contribution in [0.4, 0.5) is 4.79 Å². The van der Waals surface area contributed by atoms with Gasteiger partial charge in [-0.3, -0.25) is 14.4 Å². The Balaban J connectivity index is 1.33. The highest BCUT2D eigenvalue weighted by Gasteiger charge is 2.69. The molecule has 5 fully saturated rings. The molecule has 0 aromatic heterocycles. The Bertz CT molecular complexity index is 935. The number of hydrogen-bond donors (Lipinski definition) is 3. The van der Waals surface area contributed by atoms with E-state index in [1.807, 2.05) is 0 Å². The molecule has 0 bridgehead atoms. The summed E-state index contributed by atoms with van der Waals surface area (Å²) in [6, 6.07) is -2.06. The highest BCUT2D eigenvalue weighted by Crippen LogP contribution is 2.62. The van der Waals surface area contributed by atoms with Gasteiger partial charge in [-0.1, -0.05) is 71.6 Å². The predicted octanol–water partition coefficient (Wildman–Crippen LogP) is 4.10. The van der Waals surface area contributed by atoms with Gasteiger partial charge in [-0.2, -0.15) is 0 Å². The van der Waals surface area contributed by atoms with Gasteiger partial charge in [0.2, 0.25) is 5.78 Å². The van der Waals surface area contributed by atoms with E-state index in [4.69, 9.17) is 5.73 Å². The smallest absolute Gasteiger partial charge is 0.318 e. The zero-order chi connectivity index (χ0) is 27.7. The van der Waals surface area contributed by atoms with Gasteiger partial charge in [-0.05, 0) is 74.2 Å². The molecule has 1 heterocycles. The van der Waals surface area contributed by atoms with Gasteiger partial charge in [-0.25, -0.2) is 4.79 Å². The quantitative estimate of drug-likeness (QED) is 0.340. The number of fused-ring (bicyclic) bond motifs is 1. The van der Waals surface area contributed by atoms with Crippen molar-refractivity contribution in [2.75, 3.05) is 6.54 Å². The van der Waals surface area contributed by atoms with Gasteiger partial charge in [0.25, 0.3) is 5.91 Å². The molecule has 0 spiro atoms. The second kappa shape index (κ2) is 11.9. The van der Waals surface area contributed by atoms with Gasteiger partial charge < -0.3 is 21.3 Å². The third-order valence-electron chi connectivity index (χ3n) is 11.1. The van der Waals surface area contributed by atoms with Gasteiger partial charge in [0.05, 0.1) is 18.1 Å². The van der Waals surface area contributed by atoms with Crippen molar-refractivity contribution in [2.24, 2.45) is 34.8 Å². The summed E-state index contributed by atoms with van der Waals surface area (Å²) in [6.45, 7) is 5.19. The van der Waals surface area contributed by atoms with E-state index in [1.54, 1.807) is 4.90 Å². The molecular weight excluding hydrogens is 492 g/mol. The number of nitrogens with zero attached hydrogens (tertiary/aromatic N) is 1. The molecule has 5 aliphatic rings. The highest BCUT2D eigenvalue weighted by molar-refractivity contribution is 6.37. The zero-order valence-corrected chi connectivity index (χ0v) is 24.1. The van der Waals surface area contributed by atoms with Crippen molar-refractivity contribution < 1.29 is 19.2 Å². The lowest BCUT2D eigenvalue weighted by atomic mass is 9.79. The monoisotopic (exact) mass is 542 g/mol. The van der Waals surface area contributed by atoms with Gasteiger partial charge >= 0.3 is 6.03 Å². The highest BCUT2D eigenvalue weighted by atomic mass is 16.2. The number of amides is 3. The number of Topliss-reactive ketones (excluding diaryl/α,β-unsaturated/α-hetero) is 2. The fourth-order valence-electron chi connectivity index (χ4n) is 8.32. The van der Waals surface area contributed by atoms with Crippen molar-refractivity contribution in [3.8, 4) is 0 Å². The average Bonchev–Trinajstić information content (AvgIpc) is 3.23. The number of nitrogens with one attached hydrogen (secondary N) is 2. The maximum absolute atomic E-state index is 14.3. The fourth-order valence-corrected chi connectivity index (χ4v) is 8.32. The molecule has 4 N–H and O–H groups in total. The molecule has 3 unspecified atom stereocenters. The molecule has 0 radical (unpaired) electrons. The number of hydrogen-bond acceptors (Lipinski definition) is 5. The minimum atomic E-state index is -1.01. The van der Waals surface area contributed by atoms with Crippen molar-refractivity contribution in [1.29, 1.82) is 0 Å². The Hall–Kier alpha value is -1.96. The zero-order valence-electron chi connectivity index (χ0n) is 24.1. The Labute approximate surface area is 234 Å². The number of ketones is 2. The molecule has 1 aliphatic heterocycles. The third kappa shape index (κ3) is 6.06. The average molecular weight is 543 g/mol. The van der Waals surface area contributed by atoms with Crippen molar-refractivity contribution in [3.05, 3.63) is 0 Å². The van der Waals surface area contributed by atoms with Crippen LogP contribution in [0.25, 0.3) is 0 Å². The van der Waals surface area contributed by atoms with Gasteiger partial charge in [0.15, 0.2) is 5.78 Å². The second-order valence-corrected chi connectivity index (χ2v) is 14.0. The lowest BCUT2D eigenvalue weighted by Crippen LogP contribution is -2.59. The Morgan fingerprint density at radius 3 is 2.08 bits per heavy atom. The summed E-state index contributed by atoms with van der Waals surface area (Å²) in [5, 5.41) is 6.62. The molecule has 1 saturated heterocycles. The SMILES string of the molecule is CC1(C)C2CC(C(=O)[C@@H](NCC3CCCCC3)C3CCCCC3)N(C(=O)NC(CC3CCC3)C(=O)C(N)=O)[C@@H]21. The maximum Gasteiger partial charge on any atom is 0.318 e. The van der Waals surface area contributed by atoms with Crippen molar-refractivity contribution >= 4 is 23.5 Å². The first-order valence-corrected chi connectivity index (χ1v) is 15.9. The Morgan fingerprint density at radius 1 is 0.872 bits per heavy atom. The molecule has 218 valence electrons. The third-order valence-corrected chi connectivity index (χ3v) is 11.1. The topological polar surface area (TPSA) is 122 Å². The summed E-state index contributed by atoms with van der Waals surface area (Å²) < 4.78 is 0. The number of piperidine rings is 1. The van der Waals surface area contributed by atoms with Gasteiger partial charge in [-0.15, -0.1) is 0 Å². The van der Waals surface area contributed by atoms with E-state index in [0.29, 0.717) is 30.6 Å². The van der Waals surface area contributed by atoms with Crippen LogP contribution in [0, 0.1) is 29.1 Å². The standard InChI is InChI=1S/C31H50N4O4/c1-31(2)22-17-24(27(37)25(21-14-7-4-8-15-21)33-18-20-10-5-3-6-11-20)35(28(22)31)30(39)34-23(26(36)29(32)38)16-19-12-9-13-19/h19-25,28,33H,3-18H2,1-2H3,(H2,32,38)(H,34,39)/t22?,23?,24?,25-,28-/m0/s1. The van der Waals surface area contributed by atoms with Crippen molar-refractivity contribution in [2.45, 2.75) is 134 Å². The minimum absolute atomic E-state index is 0.0233. The lowest BCUT2D eigenvalue weighted by Gasteiger charge is -2.38. The molecule has 3 amide bonds. The van der Waals surface area contributed by atoms with Crippen LogP contribution in [-0.4, -0.2) is 59.1 Å². The molecule has 0 aromatic rings. The lowest BCUT2D eigenvalue weighted by molar-refractivity contribution is -0.137. The predicted molar refractivity (Wildman–Crippen MR) is 150 cm³/mol. The largest absolute Gasteiger partial charge is 0.363 e. The second-order valence-electron chi connectivity index (χ2n) is 14.0. The molecule has 39 heavy (non-hydrogen) atoms. The molecule has 4 aliphatic carbocycles. The normalized spacial score (nSPS) is 30.6. The summed E-state index contributed by atoms with van der Waals surface area (Å²) in [7, 11) is 0. The van der Waals surface area contributed by atoms with E-state index < -0.39 is 23.8 Å². The molecular formula is C31H50N4O4. The van der Waals surface area contributed by atoms with E-state index in [9.17, 15) is 19.2 Å². The van der Waals surface area contributed by atoms with Crippen molar-refractivity contribution in [1.82, 2.24) is 15.5 Å². The van der Waals surface area contributed by atoms with Crippen LogP contribution in [0.2, 0.25) is 0 Å². The number of primary amides is 1. The number of urea groups is 1. The Morgan fingerprint density at radius 2 is 1.49 bits per heavy atom. The summed E-state index contributed by atoms with van der Waals surface area (Å²) >= 11 is 0. The van der Waals surface area contributed by atoms with Crippen LogP contribution in [0.15, 0.2) is 0 Å². The minimum Gasteiger partial charge on any atom is -0.363 e. The molecule has 5 atom stereocenters. The summed E-state index contributed by atoms with van der Waals surface area (Å²) in [4.78, 5) is 54.4. The van der Waals surface area contributed by atoms with Crippen LogP contribution >= 0.6 is 0 Å². The maximum atomic E-state index is 14.3. The fraction of sp³-hybridized carbons (Fsp3) is 0.871. The number of nitrogens with two attached hydrogens (primary N) is 1. The molecule has 8 heteroatoms. The molecule has 8 nitrogen and oxygen atoms in total. The number of rotatable bonds is 11.